The third-order valence-corrected chi connectivity index (χ3v) is 3.79. The molecule has 2 aromatic carbocycles. The predicted octanol–water partition coefficient (Wildman–Crippen LogP) is 4.45. The van der Waals surface area contributed by atoms with E-state index in [1.165, 1.54) is 0 Å². The largest absolute Gasteiger partial charge is 0.457 e. The van der Waals surface area contributed by atoms with Crippen LogP contribution in [0, 0.1) is 0 Å². The summed E-state index contributed by atoms with van der Waals surface area (Å²) in [6.45, 7) is 0.726. The van der Waals surface area contributed by atoms with Gasteiger partial charge in [0.05, 0.1) is 12.4 Å². The molecule has 1 N–H and O–H groups in total. The predicted molar refractivity (Wildman–Crippen MR) is 89.8 cm³/mol. The Labute approximate surface area is 139 Å². The van der Waals surface area contributed by atoms with Gasteiger partial charge in [0.1, 0.15) is 11.5 Å². The fourth-order valence-electron chi connectivity index (χ4n) is 2.25. The molecule has 1 atom stereocenters. The molecule has 0 saturated carbocycles. The Morgan fingerprint density at radius 1 is 1.04 bits per heavy atom. The van der Waals surface area contributed by atoms with E-state index in [2.05, 4.69) is 4.98 Å². The van der Waals surface area contributed by atoms with E-state index in [0.717, 1.165) is 23.6 Å². The van der Waals surface area contributed by atoms with Crippen LogP contribution in [0.25, 0.3) is 0 Å². The summed E-state index contributed by atoms with van der Waals surface area (Å²) in [5.74, 6) is 1.45. The number of aliphatic hydroxyl groups excluding tert-OH is 1. The van der Waals surface area contributed by atoms with Crippen LogP contribution in [0.3, 0.4) is 0 Å². The van der Waals surface area contributed by atoms with Crippen LogP contribution in [0.4, 0.5) is 0 Å². The summed E-state index contributed by atoms with van der Waals surface area (Å²) >= 11 is 5.85. The smallest absolute Gasteiger partial charge is 0.127 e. The zero-order valence-electron chi connectivity index (χ0n) is 12.5. The number of imidazole rings is 1. The lowest BCUT2D eigenvalue weighted by Gasteiger charge is -2.12. The van der Waals surface area contributed by atoms with Gasteiger partial charge in [-0.3, -0.25) is 0 Å². The molecule has 0 aliphatic carbocycles. The number of ether oxygens (including phenoxy) is 1. The maximum Gasteiger partial charge on any atom is 0.127 e. The minimum absolute atomic E-state index is 0.512. The summed E-state index contributed by atoms with van der Waals surface area (Å²) in [5.41, 5.74) is 0.869. The topological polar surface area (TPSA) is 47.3 Å². The second kappa shape index (κ2) is 7.31. The maximum atomic E-state index is 10.2. The molecule has 0 saturated heterocycles. The number of rotatable bonds is 6. The van der Waals surface area contributed by atoms with E-state index < -0.39 is 6.10 Å². The number of nitrogens with zero attached hydrogens (tertiary/aromatic N) is 2. The molecule has 1 heterocycles. The first-order valence-corrected chi connectivity index (χ1v) is 7.76. The van der Waals surface area contributed by atoms with Gasteiger partial charge in [-0.25, -0.2) is 4.98 Å². The molecule has 3 rings (SSSR count). The zero-order chi connectivity index (χ0) is 16.1. The average Bonchev–Trinajstić information content (AvgIpc) is 3.09. The van der Waals surface area contributed by atoms with Crippen molar-refractivity contribution in [2.75, 3.05) is 0 Å². The van der Waals surface area contributed by atoms with Gasteiger partial charge in [0, 0.05) is 24.0 Å². The normalized spacial score (nSPS) is 12.1. The molecule has 0 radical (unpaired) electrons. The molecule has 0 spiro atoms. The summed E-state index contributed by atoms with van der Waals surface area (Å²) in [6, 6.07) is 14.7. The SMILES string of the molecule is OC(CCn1ccnc1)c1ccc(Oc2ccc(Cl)cc2)cc1. The van der Waals surface area contributed by atoms with Gasteiger partial charge in [0.2, 0.25) is 0 Å². The van der Waals surface area contributed by atoms with Crippen molar-refractivity contribution >= 4 is 11.6 Å². The lowest BCUT2D eigenvalue weighted by Crippen LogP contribution is -2.03. The van der Waals surface area contributed by atoms with Crippen LogP contribution in [-0.4, -0.2) is 14.7 Å². The molecule has 0 bridgehead atoms. The quantitative estimate of drug-likeness (QED) is 0.727. The monoisotopic (exact) mass is 328 g/mol. The van der Waals surface area contributed by atoms with Crippen LogP contribution < -0.4 is 4.74 Å². The summed E-state index contributed by atoms with van der Waals surface area (Å²) in [4.78, 5) is 3.99. The average molecular weight is 329 g/mol. The highest BCUT2D eigenvalue weighted by Crippen LogP contribution is 2.25. The van der Waals surface area contributed by atoms with Gasteiger partial charge in [-0.1, -0.05) is 23.7 Å². The number of halogens is 1. The minimum Gasteiger partial charge on any atom is -0.457 e. The highest BCUT2D eigenvalue weighted by Gasteiger charge is 2.08. The van der Waals surface area contributed by atoms with E-state index in [1.807, 2.05) is 47.2 Å². The lowest BCUT2D eigenvalue weighted by molar-refractivity contribution is 0.161. The number of aryl methyl sites for hydroxylation is 1. The van der Waals surface area contributed by atoms with Crippen molar-refractivity contribution < 1.29 is 9.84 Å². The Morgan fingerprint density at radius 3 is 2.30 bits per heavy atom. The van der Waals surface area contributed by atoms with Crippen molar-refractivity contribution in [1.29, 1.82) is 0 Å². The highest BCUT2D eigenvalue weighted by atomic mass is 35.5. The van der Waals surface area contributed by atoms with Crippen LogP contribution >= 0.6 is 11.6 Å². The number of aliphatic hydroxyl groups is 1. The van der Waals surface area contributed by atoms with Gasteiger partial charge in [-0.05, 0) is 48.4 Å². The maximum absolute atomic E-state index is 10.2. The van der Waals surface area contributed by atoms with Gasteiger partial charge < -0.3 is 14.4 Å². The van der Waals surface area contributed by atoms with Crippen LogP contribution in [0.2, 0.25) is 5.02 Å². The Balaban J connectivity index is 1.58. The van der Waals surface area contributed by atoms with Crippen LogP contribution in [0.5, 0.6) is 11.5 Å². The molecule has 0 amide bonds. The van der Waals surface area contributed by atoms with Crippen LogP contribution in [-0.2, 0) is 6.54 Å². The van der Waals surface area contributed by atoms with Gasteiger partial charge in [-0.2, -0.15) is 0 Å². The van der Waals surface area contributed by atoms with E-state index in [4.69, 9.17) is 16.3 Å². The number of hydrogen-bond acceptors (Lipinski definition) is 3. The van der Waals surface area contributed by atoms with Gasteiger partial charge in [-0.15, -0.1) is 0 Å². The summed E-state index contributed by atoms with van der Waals surface area (Å²) in [6.07, 6.45) is 5.48. The fraction of sp³-hybridized carbons (Fsp3) is 0.167. The molecule has 3 aromatic rings. The molecule has 4 nitrogen and oxygen atoms in total. The van der Waals surface area contributed by atoms with Crippen molar-refractivity contribution in [1.82, 2.24) is 9.55 Å². The second-order valence-electron chi connectivity index (χ2n) is 5.23. The molecule has 23 heavy (non-hydrogen) atoms. The standard InChI is InChI=1S/C18H17ClN2O2/c19-15-3-7-17(8-4-15)23-16-5-1-14(2-6-16)18(22)9-11-21-12-10-20-13-21/h1-8,10,12-13,18,22H,9,11H2. The molecule has 0 aliphatic heterocycles. The molecule has 1 aromatic heterocycles. The number of aromatic nitrogens is 2. The lowest BCUT2D eigenvalue weighted by atomic mass is 10.1. The van der Waals surface area contributed by atoms with Crippen molar-refractivity contribution in [3.8, 4) is 11.5 Å². The van der Waals surface area contributed by atoms with Gasteiger partial charge >= 0.3 is 0 Å². The zero-order valence-corrected chi connectivity index (χ0v) is 13.2. The van der Waals surface area contributed by atoms with Crippen molar-refractivity contribution in [3.05, 3.63) is 77.8 Å². The van der Waals surface area contributed by atoms with E-state index in [-0.39, 0.29) is 0 Å². The summed E-state index contributed by atoms with van der Waals surface area (Å²) < 4.78 is 7.68. The van der Waals surface area contributed by atoms with Crippen LogP contribution in [0.1, 0.15) is 18.1 Å². The molecular weight excluding hydrogens is 312 g/mol. The van der Waals surface area contributed by atoms with Crippen LogP contribution in [0.15, 0.2) is 67.3 Å². The number of benzene rings is 2. The van der Waals surface area contributed by atoms with E-state index >= 15 is 0 Å². The first-order chi connectivity index (χ1) is 11.2. The summed E-state index contributed by atoms with van der Waals surface area (Å²) in [5, 5.41) is 10.9. The van der Waals surface area contributed by atoms with E-state index in [9.17, 15) is 5.11 Å². The second-order valence-corrected chi connectivity index (χ2v) is 5.67. The third-order valence-electron chi connectivity index (χ3n) is 3.53. The molecule has 1 unspecified atom stereocenters. The van der Waals surface area contributed by atoms with Gasteiger partial charge in [0.25, 0.3) is 0 Å². The van der Waals surface area contributed by atoms with E-state index in [0.29, 0.717) is 11.4 Å². The Morgan fingerprint density at radius 2 is 1.70 bits per heavy atom. The highest BCUT2D eigenvalue weighted by molar-refractivity contribution is 6.30. The molecule has 0 fully saturated rings. The third kappa shape index (κ3) is 4.34. The number of hydrogen-bond donors (Lipinski definition) is 1. The molecule has 118 valence electrons. The van der Waals surface area contributed by atoms with Gasteiger partial charge in [0.15, 0.2) is 0 Å². The minimum atomic E-state index is -0.512. The fourth-order valence-corrected chi connectivity index (χ4v) is 2.38. The van der Waals surface area contributed by atoms with Crippen molar-refractivity contribution in [2.45, 2.75) is 19.1 Å². The summed E-state index contributed by atoms with van der Waals surface area (Å²) in [7, 11) is 0. The first kappa shape index (κ1) is 15.6. The Hall–Kier alpha value is -2.30. The molecular formula is C18H17ClN2O2. The molecule has 0 aliphatic rings. The Kier molecular flexibility index (Phi) is 4.95. The Bertz CT molecular complexity index is 725. The van der Waals surface area contributed by atoms with Crippen molar-refractivity contribution in [2.24, 2.45) is 0 Å². The molecule has 5 heteroatoms. The van der Waals surface area contributed by atoms with E-state index in [1.54, 1.807) is 24.7 Å². The first-order valence-electron chi connectivity index (χ1n) is 7.38. The van der Waals surface area contributed by atoms with Crippen molar-refractivity contribution in [3.63, 3.8) is 0 Å².